The van der Waals surface area contributed by atoms with Crippen LogP contribution in [0, 0.1) is 17.8 Å². The Morgan fingerprint density at radius 1 is 1.09 bits per heavy atom. The summed E-state index contributed by atoms with van der Waals surface area (Å²) < 4.78 is 28.3. The molecule has 6 rings (SSSR count). The van der Waals surface area contributed by atoms with Gasteiger partial charge in [-0.25, -0.2) is 4.79 Å². The number of nitrogens with one attached hydrogen (secondary N) is 2. The van der Waals surface area contributed by atoms with Crippen molar-refractivity contribution in [3.8, 4) is 11.5 Å². The number of hydrogen-bond donors (Lipinski definition) is 2. The molecule has 6 atom stereocenters. The predicted molar refractivity (Wildman–Crippen MR) is 176 cm³/mol. The number of methoxy groups -OCH3 is 3. The fourth-order valence-electron chi connectivity index (χ4n) is 7.93. The Morgan fingerprint density at radius 2 is 1.91 bits per heavy atom. The Morgan fingerprint density at radius 3 is 2.64 bits per heavy atom. The third-order valence-electron chi connectivity index (χ3n) is 9.90. The van der Waals surface area contributed by atoms with Crippen molar-refractivity contribution in [1.82, 2.24) is 9.88 Å². The Hall–Kier alpha value is -4.35. The quantitative estimate of drug-likeness (QED) is 0.247. The van der Waals surface area contributed by atoms with E-state index < -0.39 is 24.1 Å². The fraction of sp³-hybridized carbons (Fsp3) is 0.472. The highest BCUT2D eigenvalue weighted by Crippen LogP contribution is 2.50. The third kappa shape index (κ3) is 6.46. The second-order valence-corrected chi connectivity index (χ2v) is 12.5. The summed E-state index contributed by atoms with van der Waals surface area (Å²) in [5, 5.41) is 3.97. The number of ether oxygens (including phenoxy) is 5. The van der Waals surface area contributed by atoms with E-state index in [4.69, 9.17) is 23.7 Å². The summed E-state index contributed by atoms with van der Waals surface area (Å²) in [6.07, 6.45) is 3.96. The number of rotatable bonds is 9. The molecule has 0 spiro atoms. The topological polar surface area (TPSA) is 128 Å². The Kier molecular flexibility index (Phi) is 9.56. The van der Waals surface area contributed by atoms with Crippen molar-refractivity contribution in [2.75, 3.05) is 46.3 Å². The second-order valence-electron chi connectivity index (χ2n) is 12.5. The van der Waals surface area contributed by atoms with Crippen molar-refractivity contribution in [2.24, 2.45) is 17.8 Å². The molecule has 0 radical (unpaired) electrons. The van der Waals surface area contributed by atoms with Crippen LogP contribution >= 0.6 is 0 Å². The molecule has 1 saturated heterocycles. The van der Waals surface area contributed by atoms with Gasteiger partial charge in [0.15, 0.2) is 0 Å². The number of aromatic amines is 1. The van der Waals surface area contributed by atoms with E-state index in [1.165, 1.54) is 36.8 Å². The van der Waals surface area contributed by atoms with E-state index in [2.05, 4.69) is 21.3 Å². The van der Waals surface area contributed by atoms with Crippen molar-refractivity contribution in [3.05, 3.63) is 59.3 Å². The van der Waals surface area contributed by atoms with E-state index in [1.54, 1.807) is 38.5 Å². The number of fused-ring (bicyclic) bond motifs is 6. The minimum atomic E-state index is -0.653. The Labute approximate surface area is 274 Å². The number of esters is 2. The van der Waals surface area contributed by atoms with Crippen LogP contribution in [0.15, 0.2) is 42.5 Å². The van der Waals surface area contributed by atoms with Gasteiger partial charge in [-0.1, -0.05) is 6.07 Å². The number of nitrogens with zero attached hydrogens (tertiary/aromatic N) is 1. The molecule has 47 heavy (non-hydrogen) atoms. The summed E-state index contributed by atoms with van der Waals surface area (Å²) in [7, 11) is 4.62. The monoisotopic (exact) mass is 645 g/mol. The number of benzene rings is 2. The third-order valence-corrected chi connectivity index (χ3v) is 9.90. The summed E-state index contributed by atoms with van der Waals surface area (Å²) in [5.74, 6) is -0.263. The van der Waals surface area contributed by atoms with E-state index in [-0.39, 0.29) is 29.8 Å². The smallest absolute Gasteiger partial charge is 0.331 e. The molecule has 2 aliphatic heterocycles. The van der Waals surface area contributed by atoms with Crippen LogP contribution in [-0.4, -0.2) is 81.0 Å². The molecule has 250 valence electrons. The molecule has 1 amide bonds. The maximum absolute atomic E-state index is 13.4. The average molecular weight is 646 g/mol. The van der Waals surface area contributed by atoms with Gasteiger partial charge in [0.05, 0.1) is 38.5 Å². The molecule has 1 aromatic heterocycles. The minimum Gasteiger partial charge on any atom is -0.497 e. The Balaban J connectivity index is 1.21. The first kappa shape index (κ1) is 32.6. The van der Waals surface area contributed by atoms with Gasteiger partial charge in [0, 0.05) is 55.9 Å². The van der Waals surface area contributed by atoms with Gasteiger partial charge in [0.1, 0.15) is 23.7 Å². The van der Waals surface area contributed by atoms with Crippen LogP contribution in [0.3, 0.4) is 0 Å². The number of hydrogen-bond acceptors (Lipinski definition) is 9. The highest BCUT2D eigenvalue weighted by Gasteiger charge is 2.54. The van der Waals surface area contributed by atoms with Crippen LogP contribution in [-0.2, 0) is 35.0 Å². The van der Waals surface area contributed by atoms with Crippen LogP contribution in [0.4, 0.5) is 5.69 Å². The van der Waals surface area contributed by atoms with Gasteiger partial charge in [-0.05, 0) is 79.5 Å². The van der Waals surface area contributed by atoms with Gasteiger partial charge >= 0.3 is 11.9 Å². The van der Waals surface area contributed by atoms with E-state index >= 15 is 0 Å². The highest BCUT2D eigenvalue weighted by molar-refractivity contribution is 5.92. The van der Waals surface area contributed by atoms with Gasteiger partial charge in [-0.15, -0.1) is 0 Å². The number of anilines is 1. The van der Waals surface area contributed by atoms with E-state index in [0.717, 1.165) is 37.2 Å². The maximum atomic E-state index is 13.4. The molecule has 2 N–H and O–H groups in total. The molecule has 2 aromatic carbocycles. The summed E-state index contributed by atoms with van der Waals surface area (Å²) in [6.45, 7) is 5.42. The Bertz CT molecular complexity index is 1680. The van der Waals surface area contributed by atoms with Gasteiger partial charge in [-0.2, -0.15) is 0 Å². The summed E-state index contributed by atoms with van der Waals surface area (Å²) >= 11 is 0. The van der Waals surface area contributed by atoms with Crippen LogP contribution in [0.25, 0.3) is 17.0 Å². The first-order chi connectivity index (χ1) is 22.7. The summed E-state index contributed by atoms with van der Waals surface area (Å²) in [5.41, 5.74) is 4.78. The summed E-state index contributed by atoms with van der Waals surface area (Å²) in [6, 6.07) is 11.6. The van der Waals surface area contributed by atoms with Gasteiger partial charge in [-0.3, -0.25) is 14.5 Å². The SMILES string of the molecule is CCOc1ccc(/C=C/C(=O)O[C@@H]2C[C@@H]3CN4CCc5c([nH]c6cc(OC)ccc56)[C@H]4C[C@@H]3[C@H](C(=O)OC)[C@H]2OC)cc1NC(C)=O. The van der Waals surface area contributed by atoms with Crippen LogP contribution < -0.4 is 14.8 Å². The van der Waals surface area contributed by atoms with Crippen LogP contribution in [0.1, 0.15) is 49.6 Å². The molecule has 3 aromatic rings. The van der Waals surface area contributed by atoms with Crippen molar-refractivity contribution in [2.45, 2.75) is 51.4 Å². The van der Waals surface area contributed by atoms with E-state index in [9.17, 15) is 14.4 Å². The molecule has 3 aliphatic rings. The molecule has 2 fully saturated rings. The molecular formula is C36H43N3O8. The number of H-pyrrole nitrogens is 1. The second kappa shape index (κ2) is 13.8. The number of amides is 1. The molecule has 1 saturated carbocycles. The van der Waals surface area contributed by atoms with Gasteiger partial charge < -0.3 is 34.0 Å². The number of aromatic nitrogens is 1. The zero-order valence-corrected chi connectivity index (χ0v) is 27.5. The van der Waals surface area contributed by atoms with Gasteiger partial charge in [0.25, 0.3) is 0 Å². The van der Waals surface area contributed by atoms with Crippen molar-refractivity contribution >= 4 is 40.5 Å². The zero-order chi connectivity index (χ0) is 33.2. The first-order valence-corrected chi connectivity index (χ1v) is 16.2. The maximum Gasteiger partial charge on any atom is 0.331 e. The van der Waals surface area contributed by atoms with Crippen molar-refractivity contribution < 1.29 is 38.1 Å². The standard InChI is InChI=1S/C36H43N3O8/c1-6-46-30-11-7-21(15-28(30)37-20(2)40)8-12-32(41)47-31-16-22-19-39-14-13-25-24-10-9-23(43-3)17-27(24)38-34(25)29(39)18-26(22)33(35(31)44-4)36(42)45-5/h7-12,15,17,22,26,29,31,33,35,38H,6,13-14,16,18-19H2,1-5H3,(H,37,40)/b12-8+/t22-,26+,29-,31-,33+,35+/m1/s1. The molecule has 1 aliphatic carbocycles. The van der Waals surface area contributed by atoms with Crippen LogP contribution in [0.2, 0.25) is 0 Å². The highest BCUT2D eigenvalue weighted by atomic mass is 16.6. The lowest BCUT2D eigenvalue weighted by Crippen LogP contribution is -2.58. The van der Waals surface area contributed by atoms with Crippen LogP contribution in [0.5, 0.6) is 11.5 Å². The normalized spacial score (nSPS) is 25.4. The number of piperidine rings is 1. The first-order valence-electron chi connectivity index (χ1n) is 16.2. The lowest BCUT2D eigenvalue weighted by atomic mass is 9.63. The predicted octanol–water partition coefficient (Wildman–Crippen LogP) is 4.90. The average Bonchev–Trinajstić information content (AvgIpc) is 3.44. The van der Waals surface area contributed by atoms with Crippen molar-refractivity contribution in [3.63, 3.8) is 0 Å². The van der Waals surface area contributed by atoms with Gasteiger partial charge in [0.2, 0.25) is 5.91 Å². The number of carbonyl (C=O) groups is 3. The number of carbonyl (C=O) groups excluding carboxylic acids is 3. The molecule has 3 heterocycles. The largest absolute Gasteiger partial charge is 0.497 e. The molecule has 0 bridgehead atoms. The van der Waals surface area contributed by atoms with E-state index in [1.807, 2.05) is 19.1 Å². The molecule has 11 nitrogen and oxygen atoms in total. The van der Waals surface area contributed by atoms with Crippen molar-refractivity contribution in [1.29, 1.82) is 0 Å². The molecule has 0 unspecified atom stereocenters. The molecular weight excluding hydrogens is 602 g/mol. The zero-order valence-electron chi connectivity index (χ0n) is 27.5. The lowest BCUT2D eigenvalue weighted by Gasteiger charge is -2.52. The summed E-state index contributed by atoms with van der Waals surface area (Å²) in [4.78, 5) is 44.5. The lowest BCUT2D eigenvalue weighted by molar-refractivity contribution is -0.187. The fourth-order valence-corrected chi connectivity index (χ4v) is 7.93. The molecule has 11 heteroatoms. The minimum absolute atomic E-state index is 0.0120. The van der Waals surface area contributed by atoms with E-state index in [0.29, 0.717) is 30.0 Å².